The third-order valence-corrected chi connectivity index (χ3v) is 5.49. The summed E-state index contributed by atoms with van der Waals surface area (Å²) in [5.74, 6) is 0.586. The predicted molar refractivity (Wildman–Crippen MR) is 95.6 cm³/mol. The highest BCUT2D eigenvalue weighted by molar-refractivity contribution is 7.16. The molecule has 2 aromatic heterocycles. The Hall–Kier alpha value is -2.58. The molecule has 1 unspecified atom stereocenters. The monoisotopic (exact) mass is 370 g/mol. The molecule has 7 nitrogen and oxygen atoms in total. The van der Waals surface area contributed by atoms with E-state index >= 15 is 0 Å². The second kappa shape index (κ2) is 6.62. The van der Waals surface area contributed by atoms with Gasteiger partial charge in [0.15, 0.2) is 11.4 Å². The van der Waals surface area contributed by atoms with Gasteiger partial charge in [0.2, 0.25) is 0 Å². The zero-order valence-electron chi connectivity index (χ0n) is 14.3. The summed E-state index contributed by atoms with van der Waals surface area (Å²) < 4.78 is 5.18. The van der Waals surface area contributed by atoms with Crippen molar-refractivity contribution in [3.63, 3.8) is 0 Å². The van der Waals surface area contributed by atoms with E-state index in [1.807, 2.05) is 37.3 Å². The zero-order chi connectivity index (χ0) is 18.1. The Morgan fingerprint density at radius 2 is 2.19 bits per heavy atom. The van der Waals surface area contributed by atoms with E-state index in [9.17, 15) is 9.90 Å². The first kappa shape index (κ1) is 16.9. The molecule has 0 spiro atoms. The summed E-state index contributed by atoms with van der Waals surface area (Å²) in [4.78, 5) is 23.5. The van der Waals surface area contributed by atoms with Gasteiger partial charge in [0.25, 0.3) is 11.8 Å². The third kappa shape index (κ3) is 3.02. The fourth-order valence-electron chi connectivity index (χ4n) is 2.97. The van der Waals surface area contributed by atoms with E-state index in [2.05, 4.69) is 15.1 Å². The molecule has 1 atom stereocenters. The number of thiazole rings is 1. The summed E-state index contributed by atoms with van der Waals surface area (Å²) >= 11 is 1.35. The van der Waals surface area contributed by atoms with Crippen molar-refractivity contribution in [2.24, 2.45) is 0 Å². The number of carbonyl (C=O) groups excluding carboxylic acids is 1. The number of hydrogen-bond acceptors (Lipinski definition) is 7. The minimum absolute atomic E-state index is 0.135. The van der Waals surface area contributed by atoms with E-state index < -0.39 is 5.60 Å². The van der Waals surface area contributed by atoms with Crippen molar-refractivity contribution in [3.05, 3.63) is 53.1 Å². The van der Waals surface area contributed by atoms with Gasteiger partial charge in [-0.3, -0.25) is 4.79 Å². The summed E-state index contributed by atoms with van der Waals surface area (Å²) in [6.07, 6.45) is 2.59. The Labute approximate surface area is 154 Å². The van der Waals surface area contributed by atoms with Crippen LogP contribution in [0.3, 0.4) is 0 Å². The number of rotatable bonds is 4. The molecule has 4 rings (SSSR count). The summed E-state index contributed by atoms with van der Waals surface area (Å²) in [5.41, 5.74) is -0.310. The first-order valence-electron chi connectivity index (χ1n) is 8.45. The van der Waals surface area contributed by atoms with Crippen LogP contribution in [0.5, 0.6) is 0 Å². The lowest BCUT2D eigenvalue weighted by Crippen LogP contribution is -2.34. The fraction of sp³-hybridized carbons (Fsp3) is 0.333. The van der Waals surface area contributed by atoms with Gasteiger partial charge in [0.05, 0.1) is 12.7 Å². The molecule has 1 aliphatic heterocycles. The number of benzene rings is 1. The van der Waals surface area contributed by atoms with Crippen molar-refractivity contribution in [3.8, 4) is 10.6 Å². The average molecular weight is 370 g/mol. The van der Waals surface area contributed by atoms with Gasteiger partial charge in [-0.05, 0) is 0 Å². The van der Waals surface area contributed by atoms with Crippen LogP contribution < -0.4 is 0 Å². The SMILES string of the molecule is CCc1noc(C2(O)CCN(C(=O)c3cnc(-c4ccccc4)s3)C2)n1. The second-order valence-corrected chi connectivity index (χ2v) is 7.30. The molecule has 8 heteroatoms. The van der Waals surface area contributed by atoms with Gasteiger partial charge in [0.1, 0.15) is 9.88 Å². The maximum atomic E-state index is 12.8. The maximum absolute atomic E-state index is 12.8. The number of hydrogen-bond donors (Lipinski definition) is 1. The highest BCUT2D eigenvalue weighted by atomic mass is 32.1. The van der Waals surface area contributed by atoms with E-state index in [1.54, 1.807) is 11.1 Å². The van der Waals surface area contributed by atoms with Crippen LogP contribution in [0.15, 0.2) is 41.1 Å². The third-order valence-electron chi connectivity index (χ3n) is 4.45. The molecule has 3 heterocycles. The molecule has 26 heavy (non-hydrogen) atoms. The summed E-state index contributed by atoms with van der Waals surface area (Å²) in [6.45, 7) is 2.48. The number of nitrogens with zero attached hydrogens (tertiary/aromatic N) is 4. The van der Waals surface area contributed by atoms with Crippen LogP contribution in [0.1, 0.15) is 34.7 Å². The molecule has 1 aromatic carbocycles. The van der Waals surface area contributed by atoms with Crippen LogP contribution in [0, 0.1) is 0 Å². The van der Waals surface area contributed by atoms with Crippen molar-refractivity contribution < 1.29 is 14.4 Å². The largest absolute Gasteiger partial charge is 0.378 e. The van der Waals surface area contributed by atoms with Crippen LogP contribution in [0.4, 0.5) is 0 Å². The van der Waals surface area contributed by atoms with Crippen LogP contribution in [-0.2, 0) is 12.0 Å². The molecule has 1 fully saturated rings. The predicted octanol–water partition coefficient (Wildman–Crippen LogP) is 2.49. The molecule has 3 aromatic rings. The van der Waals surface area contributed by atoms with E-state index in [-0.39, 0.29) is 18.3 Å². The molecular formula is C18H18N4O3S. The van der Waals surface area contributed by atoms with Gasteiger partial charge in [0, 0.05) is 24.9 Å². The number of amides is 1. The van der Waals surface area contributed by atoms with Gasteiger partial charge in [-0.2, -0.15) is 4.98 Å². The van der Waals surface area contributed by atoms with Crippen LogP contribution in [0.2, 0.25) is 0 Å². The minimum atomic E-state index is -1.29. The fourth-order valence-corrected chi connectivity index (χ4v) is 3.86. The highest BCUT2D eigenvalue weighted by Crippen LogP contribution is 2.33. The van der Waals surface area contributed by atoms with E-state index in [1.165, 1.54) is 11.3 Å². The van der Waals surface area contributed by atoms with E-state index in [0.29, 0.717) is 30.1 Å². The second-order valence-electron chi connectivity index (χ2n) is 6.27. The quantitative estimate of drug-likeness (QED) is 0.758. The Morgan fingerprint density at radius 3 is 2.92 bits per heavy atom. The van der Waals surface area contributed by atoms with Crippen molar-refractivity contribution >= 4 is 17.2 Å². The van der Waals surface area contributed by atoms with Crippen LogP contribution in [-0.4, -0.2) is 44.1 Å². The lowest BCUT2D eigenvalue weighted by molar-refractivity contribution is 0.0137. The molecule has 1 aliphatic rings. The molecule has 1 saturated heterocycles. The van der Waals surface area contributed by atoms with Crippen LogP contribution >= 0.6 is 11.3 Å². The molecule has 134 valence electrons. The molecule has 0 saturated carbocycles. The first-order valence-corrected chi connectivity index (χ1v) is 9.26. The highest BCUT2D eigenvalue weighted by Gasteiger charge is 2.44. The summed E-state index contributed by atoms with van der Waals surface area (Å²) in [5, 5.41) is 15.4. The lowest BCUT2D eigenvalue weighted by Gasteiger charge is -2.19. The lowest BCUT2D eigenvalue weighted by atomic mass is 10.0. The van der Waals surface area contributed by atoms with Crippen molar-refractivity contribution in [1.82, 2.24) is 20.0 Å². The molecule has 0 aliphatic carbocycles. The molecular weight excluding hydrogens is 352 g/mol. The number of aryl methyl sites for hydroxylation is 1. The van der Waals surface area contributed by atoms with E-state index in [4.69, 9.17) is 4.52 Å². The Kier molecular flexibility index (Phi) is 4.29. The van der Waals surface area contributed by atoms with Gasteiger partial charge in [-0.1, -0.05) is 42.4 Å². The molecule has 1 N–H and O–H groups in total. The maximum Gasteiger partial charge on any atom is 0.265 e. The Bertz CT molecular complexity index is 923. The standard InChI is InChI=1S/C18H18N4O3S/c1-2-14-20-17(25-21-14)18(24)8-9-22(11-18)16(23)13-10-19-15(26-13)12-6-4-3-5-7-12/h3-7,10,24H,2,8-9,11H2,1H3. The van der Waals surface area contributed by atoms with Gasteiger partial charge < -0.3 is 14.5 Å². The minimum Gasteiger partial charge on any atom is -0.378 e. The topological polar surface area (TPSA) is 92.4 Å². The number of aromatic nitrogens is 3. The summed E-state index contributed by atoms with van der Waals surface area (Å²) in [6, 6.07) is 9.74. The van der Waals surface area contributed by atoms with Crippen molar-refractivity contribution in [2.75, 3.05) is 13.1 Å². The number of likely N-dealkylation sites (tertiary alicyclic amines) is 1. The molecule has 0 bridgehead atoms. The van der Waals surface area contributed by atoms with Crippen molar-refractivity contribution in [2.45, 2.75) is 25.4 Å². The number of β-amino-alcohol motifs (C(OH)–C–C–N with tert-alkyl or cyclic N) is 1. The smallest absolute Gasteiger partial charge is 0.265 e. The van der Waals surface area contributed by atoms with Gasteiger partial charge in [-0.25, -0.2) is 4.98 Å². The van der Waals surface area contributed by atoms with Gasteiger partial charge in [-0.15, -0.1) is 11.3 Å². The Balaban J connectivity index is 1.50. The first-order chi connectivity index (χ1) is 12.6. The van der Waals surface area contributed by atoms with Crippen molar-refractivity contribution in [1.29, 1.82) is 0 Å². The molecule has 0 radical (unpaired) electrons. The van der Waals surface area contributed by atoms with E-state index in [0.717, 1.165) is 10.6 Å². The average Bonchev–Trinajstić information content (AvgIpc) is 3.41. The number of carbonyl (C=O) groups is 1. The zero-order valence-corrected chi connectivity index (χ0v) is 15.1. The normalized spacial score (nSPS) is 19.8. The Morgan fingerprint density at radius 1 is 1.38 bits per heavy atom. The number of aliphatic hydroxyl groups is 1. The van der Waals surface area contributed by atoms with Gasteiger partial charge >= 0.3 is 0 Å². The summed E-state index contributed by atoms with van der Waals surface area (Å²) in [7, 11) is 0. The molecule has 1 amide bonds. The van der Waals surface area contributed by atoms with Crippen LogP contribution in [0.25, 0.3) is 10.6 Å².